The molecule has 1 atom stereocenters. The molecule has 136 valence electrons. The highest BCUT2D eigenvalue weighted by Crippen LogP contribution is 2.17. The number of likely N-dealkylation sites (tertiary alicyclic amines) is 1. The second kappa shape index (κ2) is 8.34. The van der Waals surface area contributed by atoms with Crippen molar-refractivity contribution in [2.24, 2.45) is 0 Å². The highest BCUT2D eigenvalue weighted by atomic mass is 16.5. The van der Waals surface area contributed by atoms with Crippen LogP contribution in [0, 0.1) is 0 Å². The van der Waals surface area contributed by atoms with Gasteiger partial charge in [0.2, 0.25) is 11.8 Å². The molecule has 1 N–H and O–H groups in total. The number of nitrogens with zero attached hydrogens (tertiary/aromatic N) is 1. The maximum absolute atomic E-state index is 12.5. The minimum Gasteiger partial charge on any atom is -0.497 e. The summed E-state index contributed by atoms with van der Waals surface area (Å²) in [6.07, 6.45) is 3.45. The molecule has 2 aliphatic rings. The standard InChI is InChI=1S/C19H26N2O4/c1-24-16-5-2-4-14(12-16)13-18(22)21-9-7-15(8-10-21)20-19(23)17-6-3-11-25-17/h2,4-5,12,15,17H,3,6-11,13H2,1H3,(H,20,23). The SMILES string of the molecule is COc1cccc(CC(=O)N2CCC(NC(=O)C3CCCO3)CC2)c1. The quantitative estimate of drug-likeness (QED) is 0.878. The molecular formula is C19H26N2O4. The van der Waals surface area contributed by atoms with Crippen molar-refractivity contribution in [2.45, 2.75) is 44.2 Å². The predicted octanol–water partition coefficient (Wildman–Crippen LogP) is 1.52. The minimum absolute atomic E-state index is 0.00124. The number of carbonyl (C=O) groups is 2. The summed E-state index contributed by atoms with van der Waals surface area (Å²) >= 11 is 0. The summed E-state index contributed by atoms with van der Waals surface area (Å²) < 4.78 is 10.6. The van der Waals surface area contributed by atoms with Gasteiger partial charge in [-0.3, -0.25) is 9.59 Å². The third-order valence-corrected chi connectivity index (χ3v) is 4.91. The summed E-state index contributed by atoms with van der Waals surface area (Å²) in [7, 11) is 1.62. The normalized spacial score (nSPS) is 21.2. The van der Waals surface area contributed by atoms with E-state index in [1.54, 1.807) is 7.11 Å². The van der Waals surface area contributed by atoms with Crippen molar-refractivity contribution in [3.63, 3.8) is 0 Å². The topological polar surface area (TPSA) is 67.9 Å². The predicted molar refractivity (Wildman–Crippen MR) is 93.4 cm³/mol. The number of piperidine rings is 1. The van der Waals surface area contributed by atoms with Crippen LogP contribution in [-0.4, -0.2) is 55.7 Å². The summed E-state index contributed by atoms with van der Waals surface area (Å²) in [6.45, 7) is 2.04. The van der Waals surface area contributed by atoms with E-state index in [1.807, 2.05) is 29.2 Å². The summed E-state index contributed by atoms with van der Waals surface area (Å²) in [5, 5.41) is 3.07. The van der Waals surface area contributed by atoms with E-state index in [4.69, 9.17) is 9.47 Å². The number of methoxy groups -OCH3 is 1. The second-order valence-corrected chi connectivity index (χ2v) is 6.69. The van der Waals surface area contributed by atoms with Gasteiger partial charge in [-0.1, -0.05) is 12.1 Å². The van der Waals surface area contributed by atoms with E-state index >= 15 is 0 Å². The molecule has 6 heteroatoms. The first-order valence-corrected chi connectivity index (χ1v) is 8.98. The van der Waals surface area contributed by atoms with Crippen LogP contribution in [0.4, 0.5) is 0 Å². The molecule has 0 radical (unpaired) electrons. The van der Waals surface area contributed by atoms with Crippen LogP contribution in [0.5, 0.6) is 5.75 Å². The molecular weight excluding hydrogens is 320 g/mol. The first-order chi connectivity index (χ1) is 12.2. The highest BCUT2D eigenvalue weighted by Gasteiger charge is 2.28. The van der Waals surface area contributed by atoms with Crippen LogP contribution in [0.2, 0.25) is 0 Å². The van der Waals surface area contributed by atoms with Crippen molar-refractivity contribution < 1.29 is 19.1 Å². The number of benzene rings is 1. The van der Waals surface area contributed by atoms with Crippen LogP contribution >= 0.6 is 0 Å². The van der Waals surface area contributed by atoms with Gasteiger partial charge >= 0.3 is 0 Å². The molecule has 0 saturated carbocycles. The molecule has 2 fully saturated rings. The average molecular weight is 346 g/mol. The summed E-state index contributed by atoms with van der Waals surface area (Å²) in [5.74, 6) is 0.886. The molecule has 0 spiro atoms. The molecule has 2 saturated heterocycles. The van der Waals surface area contributed by atoms with Gasteiger partial charge < -0.3 is 19.7 Å². The van der Waals surface area contributed by atoms with E-state index in [1.165, 1.54) is 0 Å². The van der Waals surface area contributed by atoms with Gasteiger partial charge in [-0.15, -0.1) is 0 Å². The van der Waals surface area contributed by atoms with Crippen LogP contribution in [0.25, 0.3) is 0 Å². The Hall–Kier alpha value is -2.08. The first-order valence-electron chi connectivity index (χ1n) is 8.98. The third kappa shape index (κ3) is 4.72. The zero-order chi connectivity index (χ0) is 17.6. The largest absolute Gasteiger partial charge is 0.497 e. The fourth-order valence-corrected chi connectivity index (χ4v) is 3.42. The van der Waals surface area contributed by atoms with Crippen molar-refractivity contribution in [2.75, 3.05) is 26.8 Å². The lowest BCUT2D eigenvalue weighted by atomic mass is 10.0. The number of rotatable bonds is 5. The maximum atomic E-state index is 12.5. The van der Waals surface area contributed by atoms with Crippen molar-refractivity contribution in [1.29, 1.82) is 0 Å². The molecule has 1 aromatic rings. The molecule has 0 aliphatic carbocycles. The number of carbonyl (C=O) groups excluding carboxylic acids is 2. The Morgan fingerprint density at radius 1 is 1.28 bits per heavy atom. The van der Waals surface area contributed by atoms with Crippen LogP contribution in [0.3, 0.4) is 0 Å². The zero-order valence-corrected chi connectivity index (χ0v) is 14.7. The molecule has 3 rings (SSSR count). The molecule has 6 nitrogen and oxygen atoms in total. The zero-order valence-electron chi connectivity index (χ0n) is 14.7. The molecule has 2 amide bonds. The fourth-order valence-electron chi connectivity index (χ4n) is 3.42. The highest BCUT2D eigenvalue weighted by molar-refractivity contribution is 5.81. The lowest BCUT2D eigenvalue weighted by molar-refractivity contribution is -0.132. The number of hydrogen-bond acceptors (Lipinski definition) is 4. The lowest BCUT2D eigenvalue weighted by Gasteiger charge is -2.33. The monoisotopic (exact) mass is 346 g/mol. The van der Waals surface area contributed by atoms with Gasteiger partial charge in [0.05, 0.1) is 13.5 Å². The third-order valence-electron chi connectivity index (χ3n) is 4.91. The molecule has 1 aromatic carbocycles. The van der Waals surface area contributed by atoms with Gasteiger partial charge in [0.25, 0.3) is 0 Å². The number of hydrogen-bond donors (Lipinski definition) is 1. The summed E-state index contributed by atoms with van der Waals surface area (Å²) in [5.41, 5.74) is 0.957. The second-order valence-electron chi connectivity index (χ2n) is 6.69. The molecule has 0 bridgehead atoms. The first kappa shape index (κ1) is 17.7. The fraction of sp³-hybridized carbons (Fsp3) is 0.579. The minimum atomic E-state index is -0.285. The van der Waals surface area contributed by atoms with Crippen LogP contribution in [0.15, 0.2) is 24.3 Å². The van der Waals surface area contributed by atoms with Crippen LogP contribution in [-0.2, 0) is 20.7 Å². The maximum Gasteiger partial charge on any atom is 0.249 e. The van der Waals surface area contributed by atoms with Gasteiger partial charge in [0.1, 0.15) is 11.9 Å². The van der Waals surface area contributed by atoms with Gasteiger partial charge in [0, 0.05) is 25.7 Å². The van der Waals surface area contributed by atoms with E-state index in [2.05, 4.69) is 5.32 Å². The Bertz CT molecular complexity index is 605. The Kier molecular flexibility index (Phi) is 5.91. The van der Waals surface area contributed by atoms with Gasteiger partial charge in [0.15, 0.2) is 0 Å². The van der Waals surface area contributed by atoms with Crippen LogP contribution < -0.4 is 10.1 Å². The number of nitrogens with one attached hydrogen (secondary N) is 1. The van der Waals surface area contributed by atoms with E-state index < -0.39 is 0 Å². The van der Waals surface area contributed by atoms with Crippen molar-refractivity contribution in [3.8, 4) is 5.75 Å². The van der Waals surface area contributed by atoms with Crippen LogP contribution in [0.1, 0.15) is 31.2 Å². The Morgan fingerprint density at radius 2 is 2.08 bits per heavy atom. The number of amides is 2. The Labute approximate surface area is 148 Å². The molecule has 2 heterocycles. The molecule has 2 aliphatic heterocycles. The van der Waals surface area contributed by atoms with Crippen molar-refractivity contribution in [3.05, 3.63) is 29.8 Å². The summed E-state index contributed by atoms with van der Waals surface area (Å²) in [4.78, 5) is 26.5. The van der Waals surface area contributed by atoms with E-state index in [9.17, 15) is 9.59 Å². The number of ether oxygens (including phenoxy) is 2. The molecule has 0 aromatic heterocycles. The van der Waals surface area contributed by atoms with Gasteiger partial charge in [-0.2, -0.15) is 0 Å². The van der Waals surface area contributed by atoms with Crippen molar-refractivity contribution >= 4 is 11.8 Å². The van der Waals surface area contributed by atoms with E-state index in [0.29, 0.717) is 26.1 Å². The lowest BCUT2D eigenvalue weighted by Crippen LogP contribution is -2.49. The molecule has 1 unspecified atom stereocenters. The summed E-state index contributed by atoms with van der Waals surface area (Å²) in [6, 6.07) is 7.74. The van der Waals surface area contributed by atoms with E-state index in [-0.39, 0.29) is 24.0 Å². The molecule has 25 heavy (non-hydrogen) atoms. The van der Waals surface area contributed by atoms with E-state index in [0.717, 1.165) is 37.0 Å². The van der Waals surface area contributed by atoms with Crippen molar-refractivity contribution in [1.82, 2.24) is 10.2 Å². The Morgan fingerprint density at radius 3 is 2.76 bits per heavy atom. The van der Waals surface area contributed by atoms with Gasteiger partial charge in [-0.25, -0.2) is 0 Å². The Balaban J connectivity index is 1.44. The smallest absolute Gasteiger partial charge is 0.249 e. The average Bonchev–Trinajstić information content (AvgIpc) is 3.17. The van der Waals surface area contributed by atoms with Gasteiger partial charge in [-0.05, 0) is 43.4 Å².